The van der Waals surface area contributed by atoms with E-state index in [4.69, 9.17) is 0 Å². The van der Waals surface area contributed by atoms with Crippen LogP contribution in [0.1, 0.15) is 12.8 Å². The summed E-state index contributed by atoms with van der Waals surface area (Å²) in [4.78, 5) is 0. The molecule has 0 fully saturated rings. The second-order valence-corrected chi connectivity index (χ2v) is 2.60. The fourth-order valence-electron chi connectivity index (χ4n) is 1.38. The molecule has 2 unspecified atom stereocenters. The smallest absolute Gasteiger partial charge is 0.0698 e. The fraction of sp³-hybridized carbons (Fsp3) is 0.571. The predicted molar refractivity (Wildman–Crippen MR) is 37.3 cm³/mol. The monoisotopic (exact) mass is 122 g/mol. The van der Waals surface area contributed by atoms with E-state index in [9.17, 15) is 0 Å². The summed E-state index contributed by atoms with van der Waals surface area (Å²) in [5.74, 6) is 0.676. The summed E-state index contributed by atoms with van der Waals surface area (Å²) >= 11 is 0. The van der Waals surface area contributed by atoms with Crippen molar-refractivity contribution in [3.05, 3.63) is 12.2 Å². The molecule has 1 heterocycles. The van der Waals surface area contributed by atoms with Gasteiger partial charge in [0, 0.05) is 12.1 Å². The molecule has 2 atom stereocenters. The zero-order valence-corrected chi connectivity index (χ0v) is 5.25. The maximum atomic E-state index is 4.00. The Morgan fingerprint density at radius 3 is 3.44 bits per heavy atom. The zero-order chi connectivity index (χ0) is 6.10. The van der Waals surface area contributed by atoms with Gasteiger partial charge >= 0.3 is 0 Å². The van der Waals surface area contributed by atoms with Gasteiger partial charge in [0.15, 0.2) is 0 Å². The molecule has 2 rings (SSSR count). The lowest BCUT2D eigenvalue weighted by atomic mass is 9.92. The van der Waals surface area contributed by atoms with Crippen molar-refractivity contribution >= 4 is 6.21 Å². The van der Waals surface area contributed by atoms with E-state index in [1.54, 1.807) is 0 Å². The van der Waals surface area contributed by atoms with E-state index in [0.29, 0.717) is 12.0 Å². The van der Waals surface area contributed by atoms with Crippen molar-refractivity contribution in [1.82, 2.24) is 5.43 Å². The molecule has 0 radical (unpaired) electrons. The largest absolute Gasteiger partial charge is 0.303 e. The Bertz CT molecular complexity index is 160. The van der Waals surface area contributed by atoms with E-state index in [-0.39, 0.29) is 0 Å². The second-order valence-electron chi connectivity index (χ2n) is 2.60. The molecular formula is C7H10N2. The van der Waals surface area contributed by atoms with Crippen molar-refractivity contribution < 1.29 is 0 Å². The number of fused-ring (bicyclic) bond motifs is 1. The first-order valence-corrected chi connectivity index (χ1v) is 3.42. The van der Waals surface area contributed by atoms with E-state index in [1.807, 2.05) is 6.21 Å². The highest BCUT2D eigenvalue weighted by molar-refractivity contribution is 5.64. The van der Waals surface area contributed by atoms with Gasteiger partial charge in [0.1, 0.15) is 0 Å². The topological polar surface area (TPSA) is 24.4 Å². The highest BCUT2D eigenvalue weighted by atomic mass is 15.3. The number of allylic oxidation sites excluding steroid dienone is 1. The van der Waals surface area contributed by atoms with Gasteiger partial charge in [-0.3, -0.25) is 0 Å². The Hall–Kier alpha value is -0.790. The minimum absolute atomic E-state index is 0.513. The molecule has 9 heavy (non-hydrogen) atoms. The van der Waals surface area contributed by atoms with Crippen LogP contribution in [0.15, 0.2) is 17.3 Å². The number of rotatable bonds is 0. The van der Waals surface area contributed by atoms with Gasteiger partial charge in [-0.1, -0.05) is 12.2 Å². The average Bonchev–Trinajstić information content (AvgIpc) is 2.33. The third kappa shape index (κ3) is 0.745. The third-order valence-corrected chi connectivity index (χ3v) is 1.96. The predicted octanol–water partition coefficient (Wildman–Crippen LogP) is 0.910. The summed E-state index contributed by atoms with van der Waals surface area (Å²) in [5.41, 5.74) is 3.04. The van der Waals surface area contributed by atoms with E-state index in [1.165, 1.54) is 12.8 Å². The van der Waals surface area contributed by atoms with Crippen LogP contribution in [-0.4, -0.2) is 12.3 Å². The molecule has 0 aromatic carbocycles. The van der Waals surface area contributed by atoms with E-state index in [2.05, 4.69) is 22.7 Å². The molecule has 0 spiro atoms. The normalized spacial score (nSPS) is 38.2. The van der Waals surface area contributed by atoms with Crippen LogP contribution in [-0.2, 0) is 0 Å². The molecule has 0 saturated heterocycles. The Morgan fingerprint density at radius 2 is 2.56 bits per heavy atom. The summed E-state index contributed by atoms with van der Waals surface area (Å²) in [6.07, 6.45) is 8.94. The van der Waals surface area contributed by atoms with E-state index < -0.39 is 0 Å². The molecule has 2 aliphatic rings. The average molecular weight is 122 g/mol. The minimum Gasteiger partial charge on any atom is -0.303 e. The molecular weight excluding hydrogens is 112 g/mol. The van der Waals surface area contributed by atoms with Crippen LogP contribution in [0.4, 0.5) is 0 Å². The van der Waals surface area contributed by atoms with Crippen molar-refractivity contribution in [3.63, 3.8) is 0 Å². The Balaban J connectivity index is 2.16. The van der Waals surface area contributed by atoms with Crippen LogP contribution in [0.3, 0.4) is 0 Å². The summed E-state index contributed by atoms with van der Waals surface area (Å²) in [5, 5.41) is 4.00. The van der Waals surface area contributed by atoms with Crippen LogP contribution in [0.5, 0.6) is 0 Å². The molecule has 2 nitrogen and oxygen atoms in total. The summed E-state index contributed by atoms with van der Waals surface area (Å²) in [6.45, 7) is 0. The van der Waals surface area contributed by atoms with Crippen molar-refractivity contribution in [2.45, 2.75) is 18.9 Å². The van der Waals surface area contributed by atoms with Crippen LogP contribution < -0.4 is 5.43 Å². The van der Waals surface area contributed by atoms with Gasteiger partial charge in [-0.25, -0.2) is 0 Å². The third-order valence-electron chi connectivity index (χ3n) is 1.96. The molecule has 2 heteroatoms. The number of nitrogens with zero attached hydrogens (tertiary/aromatic N) is 1. The Kier molecular flexibility index (Phi) is 1.04. The Morgan fingerprint density at radius 1 is 1.56 bits per heavy atom. The second kappa shape index (κ2) is 1.87. The minimum atomic E-state index is 0.513. The van der Waals surface area contributed by atoms with Crippen LogP contribution in [0.25, 0.3) is 0 Å². The molecule has 1 aliphatic heterocycles. The van der Waals surface area contributed by atoms with Crippen LogP contribution >= 0.6 is 0 Å². The van der Waals surface area contributed by atoms with Gasteiger partial charge < -0.3 is 5.43 Å². The van der Waals surface area contributed by atoms with Crippen molar-refractivity contribution in [2.24, 2.45) is 11.0 Å². The van der Waals surface area contributed by atoms with Gasteiger partial charge in [0.05, 0.1) is 6.04 Å². The first-order chi connectivity index (χ1) is 4.47. The maximum absolute atomic E-state index is 4.00. The summed E-state index contributed by atoms with van der Waals surface area (Å²) in [7, 11) is 0. The maximum Gasteiger partial charge on any atom is 0.0698 e. The van der Waals surface area contributed by atoms with Gasteiger partial charge in [0.25, 0.3) is 0 Å². The summed E-state index contributed by atoms with van der Waals surface area (Å²) < 4.78 is 0. The molecule has 0 bridgehead atoms. The quantitative estimate of drug-likeness (QED) is 0.474. The first-order valence-electron chi connectivity index (χ1n) is 3.42. The molecule has 1 N–H and O–H groups in total. The van der Waals surface area contributed by atoms with Crippen LogP contribution in [0.2, 0.25) is 0 Å². The van der Waals surface area contributed by atoms with Crippen molar-refractivity contribution in [2.75, 3.05) is 0 Å². The van der Waals surface area contributed by atoms with Crippen molar-refractivity contribution in [1.29, 1.82) is 0 Å². The number of nitrogens with one attached hydrogen (secondary N) is 1. The molecule has 0 aromatic rings. The van der Waals surface area contributed by atoms with Gasteiger partial charge in [-0.2, -0.15) is 5.10 Å². The van der Waals surface area contributed by atoms with Gasteiger partial charge in [0.2, 0.25) is 0 Å². The van der Waals surface area contributed by atoms with E-state index in [0.717, 1.165) is 0 Å². The molecule has 0 saturated carbocycles. The standard InChI is InChI=1S/C7H10N2/c1-2-4-7-6(3-1)5-8-9-7/h2,4-7,9H,1,3H2. The molecule has 0 aromatic heterocycles. The van der Waals surface area contributed by atoms with Crippen molar-refractivity contribution in [3.8, 4) is 0 Å². The Labute approximate surface area is 54.6 Å². The number of hydrogen-bond acceptors (Lipinski definition) is 2. The molecule has 0 amide bonds. The molecule has 48 valence electrons. The van der Waals surface area contributed by atoms with Crippen LogP contribution in [0, 0.1) is 5.92 Å². The number of hydrogen-bond donors (Lipinski definition) is 1. The summed E-state index contributed by atoms with van der Waals surface area (Å²) in [6, 6.07) is 0.513. The lowest BCUT2D eigenvalue weighted by molar-refractivity contribution is 0.512. The highest BCUT2D eigenvalue weighted by Gasteiger charge is 2.22. The van der Waals surface area contributed by atoms with Gasteiger partial charge in [-0.15, -0.1) is 0 Å². The SMILES string of the molecule is C1=CC2NN=CC2CC1. The first kappa shape index (κ1) is 5.03. The van der Waals surface area contributed by atoms with E-state index >= 15 is 0 Å². The molecule has 1 aliphatic carbocycles. The fourth-order valence-corrected chi connectivity index (χ4v) is 1.38. The zero-order valence-electron chi connectivity index (χ0n) is 5.25. The highest BCUT2D eigenvalue weighted by Crippen LogP contribution is 2.19. The lowest BCUT2D eigenvalue weighted by Crippen LogP contribution is -2.26. The number of hydrazone groups is 1. The lowest BCUT2D eigenvalue weighted by Gasteiger charge is -2.16. The van der Waals surface area contributed by atoms with Gasteiger partial charge in [-0.05, 0) is 12.8 Å².